The number of aromatic amines is 1. The molecule has 2 aromatic rings. The molecular weight excluding hydrogens is 264 g/mol. The number of hydrogen-bond donors (Lipinski definition) is 2. The van der Waals surface area contributed by atoms with Crippen LogP contribution in [0.1, 0.15) is 12.1 Å². The van der Waals surface area contributed by atoms with E-state index in [1.165, 1.54) is 42.5 Å². The van der Waals surface area contributed by atoms with Crippen LogP contribution < -0.4 is 5.32 Å². The first kappa shape index (κ1) is 10.4. The van der Waals surface area contributed by atoms with Gasteiger partial charge in [0.2, 0.25) is 0 Å². The van der Waals surface area contributed by atoms with Gasteiger partial charge in [-0.15, -0.1) is 0 Å². The van der Waals surface area contributed by atoms with E-state index in [0.717, 1.165) is 10.4 Å². The predicted molar refractivity (Wildman–Crippen MR) is 70.7 cm³/mol. The van der Waals surface area contributed by atoms with Crippen LogP contribution in [0.25, 0.3) is 10.9 Å². The molecule has 3 rings (SSSR count). The van der Waals surface area contributed by atoms with E-state index in [2.05, 4.69) is 50.5 Å². The normalized spacial score (nSPS) is 20.7. The average molecular weight is 279 g/mol. The summed E-state index contributed by atoms with van der Waals surface area (Å²) in [5.74, 6) is 0.802. The molecule has 1 atom stereocenters. The fourth-order valence-corrected chi connectivity index (χ4v) is 2.85. The van der Waals surface area contributed by atoms with E-state index < -0.39 is 0 Å². The summed E-state index contributed by atoms with van der Waals surface area (Å²) in [6.07, 6.45) is 2.47. The van der Waals surface area contributed by atoms with E-state index in [0.29, 0.717) is 0 Å². The number of nitrogens with one attached hydrogen (secondary N) is 2. The van der Waals surface area contributed by atoms with Crippen LogP contribution in [0.5, 0.6) is 0 Å². The van der Waals surface area contributed by atoms with Crippen molar-refractivity contribution in [3.05, 3.63) is 34.4 Å². The van der Waals surface area contributed by atoms with Gasteiger partial charge in [0, 0.05) is 21.1 Å². The topological polar surface area (TPSA) is 27.8 Å². The fourth-order valence-electron chi connectivity index (χ4n) is 2.47. The number of rotatable bonds is 2. The van der Waals surface area contributed by atoms with Gasteiger partial charge in [-0.1, -0.05) is 15.9 Å². The molecule has 0 spiro atoms. The number of halogens is 1. The number of benzene rings is 1. The van der Waals surface area contributed by atoms with Gasteiger partial charge in [0.05, 0.1) is 0 Å². The minimum Gasteiger partial charge on any atom is -0.358 e. The lowest BCUT2D eigenvalue weighted by molar-refractivity contribution is 0.574. The van der Waals surface area contributed by atoms with Gasteiger partial charge in [-0.3, -0.25) is 0 Å². The Morgan fingerprint density at radius 2 is 2.25 bits per heavy atom. The molecule has 1 aliphatic heterocycles. The number of H-pyrrole nitrogens is 1. The third-order valence-corrected chi connectivity index (χ3v) is 3.80. The first-order valence-electron chi connectivity index (χ1n) is 5.79. The Bertz CT molecular complexity index is 498. The van der Waals surface area contributed by atoms with E-state index in [-0.39, 0.29) is 0 Å². The summed E-state index contributed by atoms with van der Waals surface area (Å²) in [5, 5.41) is 4.72. The number of hydrogen-bond acceptors (Lipinski definition) is 1. The van der Waals surface area contributed by atoms with E-state index in [9.17, 15) is 0 Å². The SMILES string of the molecule is Brc1ccc2[nH]c(CC3CCNC3)cc2c1. The van der Waals surface area contributed by atoms with E-state index >= 15 is 0 Å². The molecule has 1 aromatic carbocycles. The van der Waals surface area contributed by atoms with Crippen LogP contribution in [-0.2, 0) is 6.42 Å². The van der Waals surface area contributed by atoms with Crippen molar-refractivity contribution < 1.29 is 0 Å². The lowest BCUT2D eigenvalue weighted by Crippen LogP contribution is -2.10. The van der Waals surface area contributed by atoms with Crippen molar-refractivity contribution in [1.29, 1.82) is 0 Å². The molecule has 3 heteroatoms. The van der Waals surface area contributed by atoms with Crippen LogP contribution in [0.2, 0.25) is 0 Å². The molecule has 1 aromatic heterocycles. The second kappa shape index (κ2) is 4.22. The lowest BCUT2D eigenvalue weighted by Gasteiger charge is -2.04. The van der Waals surface area contributed by atoms with Crippen molar-refractivity contribution in [2.45, 2.75) is 12.8 Å². The molecule has 2 N–H and O–H groups in total. The maximum Gasteiger partial charge on any atom is 0.0456 e. The fraction of sp³-hybridized carbons (Fsp3) is 0.385. The number of fused-ring (bicyclic) bond motifs is 1. The Morgan fingerprint density at radius 3 is 3.06 bits per heavy atom. The Hall–Kier alpha value is -0.800. The first-order chi connectivity index (χ1) is 7.81. The van der Waals surface area contributed by atoms with Gasteiger partial charge in [0.25, 0.3) is 0 Å². The number of aromatic nitrogens is 1. The van der Waals surface area contributed by atoms with Gasteiger partial charge >= 0.3 is 0 Å². The Balaban J connectivity index is 1.86. The molecule has 0 saturated carbocycles. The highest BCUT2D eigenvalue weighted by molar-refractivity contribution is 9.10. The minimum atomic E-state index is 0.802. The van der Waals surface area contributed by atoms with Crippen molar-refractivity contribution in [1.82, 2.24) is 10.3 Å². The highest BCUT2D eigenvalue weighted by atomic mass is 79.9. The Labute approximate surface area is 104 Å². The molecule has 1 fully saturated rings. The summed E-state index contributed by atoms with van der Waals surface area (Å²) in [5.41, 5.74) is 2.60. The monoisotopic (exact) mass is 278 g/mol. The van der Waals surface area contributed by atoms with Crippen LogP contribution in [0, 0.1) is 5.92 Å². The van der Waals surface area contributed by atoms with Crippen LogP contribution in [0.3, 0.4) is 0 Å². The molecule has 84 valence electrons. The van der Waals surface area contributed by atoms with Crippen LogP contribution in [0.15, 0.2) is 28.7 Å². The Kier molecular flexibility index (Phi) is 2.74. The smallest absolute Gasteiger partial charge is 0.0456 e. The molecule has 0 radical (unpaired) electrons. The largest absolute Gasteiger partial charge is 0.358 e. The van der Waals surface area contributed by atoms with Crippen LogP contribution in [-0.4, -0.2) is 18.1 Å². The predicted octanol–water partition coefficient (Wildman–Crippen LogP) is 3.08. The summed E-state index contributed by atoms with van der Waals surface area (Å²) in [4.78, 5) is 3.50. The third-order valence-electron chi connectivity index (χ3n) is 3.31. The molecule has 0 aliphatic carbocycles. The summed E-state index contributed by atoms with van der Waals surface area (Å²) < 4.78 is 1.15. The average Bonchev–Trinajstić information content (AvgIpc) is 2.86. The van der Waals surface area contributed by atoms with E-state index in [1.807, 2.05) is 0 Å². The molecule has 1 aliphatic rings. The summed E-state index contributed by atoms with van der Waals surface area (Å²) in [6.45, 7) is 2.34. The van der Waals surface area contributed by atoms with Crippen molar-refractivity contribution in [2.75, 3.05) is 13.1 Å². The summed E-state index contributed by atoms with van der Waals surface area (Å²) >= 11 is 3.51. The van der Waals surface area contributed by atoms with Crippen molar-refractivity contribution >= 4 is 26.8 Å². The maximum atomic E-state index is 3.51. The molecular formula is C13H15BrN2. The Morgan fingerprint density at radius 1 is 1.31 bits per heavy atom. The second-order valence-corrected chi connectivity index (χ2v) is 5.50. The zero-order valence-corrected chi connectivity index (χ0v) is 10.7. The maximum absolute atomic E-state index is 3.51. The summed E-state index contributed by atoms with van der Waals surface area (Å²) in [7, 11) is 0. The van der Waals surface area contributed by atoms with Gasteiger partial charge in [-0.25, -0.2) is 0 Å². The minimum absolute atomic E-state index is 0.802. The van der Waals surface area contributed by atoms with Crippen LogP contribution >= 0.6 is 15.9 Å². The van der Waals surface area contributed by atoms with Crippen LogP contribution in [0.4, 0.5) is 0 Å². The quantitative estimate of drug-likeness (QED) is 0.868. The third kappa shape index (κ3) is 2.02. The zero-order chi connectivity index (χ0) is 11.0. The zero-order valence-electron chi connectivity index (χ0n) is 9.09. The highest BCUT2D eigenvalue weighted by Crippen LogP contribution is 2.23. The molecule has 0 amide bonds. The molecule has 1 unspecified atom stereocenters. The standard InChI is InChI=1S/C13H15BrN2/c14-11-1-2-13-10(6-11)7-12(16-13)5-9-3-4-15-8-9/h1-2,6-7,9,15-16H,3-5,8H2. The molecule has 1 saturated heterocycles. The van der Waals surface area contributed by atoms with Gasteiger partial charge in [0.1, 0.15) is 0 Å². The van der Waals surface area contributed by atoms with Gasteiger partial charge in [-0.05, 0) is 56.1 Å². The van der Waals surface area contributed by atoms with Crippen molar-refractivity contribution in [2.24, 2.45) is 5.92 Å². The second-order valence-electron chi connectivity index (χ2n) is 4.59. The molecule has 16 heavy (non-hydrogen) atoms. The van der Waals surface area contributed by atoms with Gasteiger partial charge < -0.3 is 10.3 Å². The highest BCUT2D eigenvalue weighted by Gasteiger charge is 2.15. The molecule has 2 heterocycles. The lowest BCUT2D eigenvalue weighted by atomic mass is 10.0. The van der Waals surface area contributed by atoms with E-state index in [4.69, 9.17) is 0 Å². The molecule has 0 bridgehead atoms. The first-order valence-corrected chi connectivity index (χ1v) is 6.58. The summed E-state index contributed by atoms with van der Waals surface area (Å²) in [6, 6.07) is 8.66. The van der Waals surface area contributed by atoms with E-state index in [1.54, 1.807) is 0 Å². The van der Waals surface area contributed by atoms with Crippen molar-refractivity contribution in [3.63, 3.8) is 0 Å². The molecule has 2 nitrogen and oxygen atoms in total. The van der Waals surface area contributed by atoms with Gasteiger partial charge in [0.15, 0.2) is 0 Å². The van der Waals surface area contributed by atoms with Crippen molar-refractivity contribution in [3.8, 4) is 0 Å². The van der Waals surface area contributed by atoms with Gasteiger partial charge in [-0.2, -0.15) is 0 Å².